The van der Waals surface area contributed by atoms with Crippen molar-refractivity contribution < 1.29 is 119 Å². The second-order valence-electron chi connectivity index (χ2n) is 28.0. The first kappa shape index (κ1) is 87.7. The minimum absolute atomic E-state index is 0.275. The molecule has 0 radical (unpaired) electrons. The van der Waals surface area contributed by atoms with Crippen molar-refractivity contribution in [1.29, 1.82) is 0 Å². The lowest BCUT2D eigenvalue weighted by Gasteiger charge is -2.25. The summed E-state index contributed by atoms with van der Waals surface area (Å²) in [6.07, 6.45) is 43.4. The van der Waals surface area contributed by atoms with Crippen LogP contribution in [-0.4, -0.2) is 133 Å². The monoisotopic (exact) mass is 1370 g/mol. The number of hydrogen-bond donors (Lipinski definition) is 12. The predicted octanol–water partition coefficient (Wildman–Crippen LogP) is 16.0. The number of carboxylic acid groups (broad SMARTS) is 12. The van der Waals surface area contributed by atoms with Crippen LogP contribution in [0.15, 0.2) is 0 Å². The molecule has 0 spiro atoms. The minimum Gasteiger partial charge on any atom is -0.480 e. The van der Waals surface area contributed by atoms with Crippen LogP contribution >= 0.6 is 0 Å². The van der Waals surface area contributed by atoms with Gasteiger partial charge in [0.05, 0.1) is 0 Å². The first-order chi connectivity index (χ1) is 45.6. The summed E-state index contributed by atoms with van der Waals surface area (Å²) >= 11 is 0. The lowest BCUT2D eigenvalue weighted by atomic mass is 9.77. The van der Waals surface area contributed by atoms with Crippen LogP contribution in [0.1, 0.15) is 347 Å². The van der Waals surface area contributed by atoms with Gasteiger partial charge < -0.3 is 61.3 Å². The van der Waals surface area contributed by atoms with E-state index in [0.29, 0.717) is 77.0 Å². The van der Waals surface area contributed by atoms with Crippen molar-refractivity contribution in [3.63, 3.8) is 0 Å². The molecule has 6 aliphatic rings. The molecule has 552 valence electrons. The molecular weight excluding hydrogens is 1250 g/mol. The fourth-order valence-corrected chi connectivity index (χ4v) is 14.3. The molecule has 24 nitrogen and oxygen atoms in total. The minimum atomic E-state index is -1.53. The molecule has 0 aliphatic heterocycles. The molecule has 0 unspecified atom stereocenters. The fourth-order valence-electron chi connectivity index (χ4n) is 14.3. The highest BCUT2D eigenvalue weighted by atomic mass is 16.4. The van der Waals surface area contributed by atoms with Crippen LogP contribution in [0.4, 0.5) is 0 Å². The third kappa shape index (κ3) is 29.4. The Balaban J connectivity index is 0.000000576. The van der Waals surface area contributed by atoms with E-state index in [0.717, 1.165) is 154 Å². The Hall–Kier alpha value is -6.36. The lowest BCUT2D eigenvalue weighted by Crippen LogP contribution is -2.39. The zero-order valence-corrected chi connectivity index (χ0v) is 57.4. The third-order valence-electron chi connectivity index (χ3n) is 21.2. The maximum atomic E-state index is 11.2. The van der Waals surface area contributed by atoms with E-state index in [4.69, 9.17) is 61.3 Å². The molecule has 24 heteroatoms. The third-order valence-corrected chi connectivity index (χ3v) is 21.2. The van der Waals surface area contributed by atoms with Crippen LogP contribution in [0.25, 0.3) is 0 Å². The molecule has 6 saturated carbocycles. The van der Waals surface area contributed by atoms with Crippen molar-refractivity contribution in [3.05, 3.63) is 0 Å². The van der Waals surface area contributed by atoms with E-state index in [2.05, 4.69) is 0 Å². The molecule has 0 aromatic carbocycles. The zero-order valence-electron chi connectivity index (χ0n) is 57.4. The summed E-state index contributed by atoms with van der Waals surface area (Å²) in [5, 5.41) is 110. The smallest absolute Gasteiger partial charge is 0.321 e. The molecule has 0 heterocycles. The molecule has 6 fully saturated rings. The van der Waals surface area contributed by atoms with E-state index < -0.39 is 104 Å². The first-order valence-corrected chi connectivity index (χ1v) is 36.4. The second kappa shape index (κ2) is 47.6. The van der Waals surface area contributed by atoms with Gasteiger partial charge >= 0.3 is 71.6 Å². The highest BCUT2D eigenvalue weighted by molar-refractivity contribution is 6.01. The molecule has 0 amide bonds. The number of carbonyl (C=O) groups is 12. The summed E-state index contributed by atoms with van der Waals surface area (Å²) in [4.78, 5) is 134. The topological polar surface area (TPSA) is 448 Å². The Bertz CT molecular complexity index is 1820. The van der Waals surface area contributed by atoms with Crippen molar-refractivity contribution in [2.24, 2.45) is 32.5 Å². The average Bonchev–Trinajstić information content (AvgIpc) is 0.924. The van der Waals surface area contributed by atoms with Crippen LogP contribution in [0.2, 0.25) is 0 Å². The summed E-state index contributed by atoms with van der Waals surface area (Å²) < 4.78 is 0. The number of rotatable bonds is 12. The van der Waals surface area contributed by atoms with E-state index in [1.807, 2.05) is 0 Å². The molecule has 6 aliphatic carbocycles. The van der Waals surface area contributed by atoms with E-state index in [1.165, 1.54) is 38.5 Å². The van der Waals surface area contributed by atoms with E-state index in [-0.39, 0.29) is 77.0 Å². The lowest BCUT2D eigenvalue weighted by molar-refractivity contribution is -0.168. The fraction of sp³-hybridized carbons (Fsp3) is 0.833. The van der Waals surface area contributed by atoms with Gasteiger partial charge in [0.25, 0.3) is 0 Å². The van der Waals surface area contributed by atoms with Gasteiger partial charge in [-0.25, -0.2) is 0 Å². The standard InChI is InChI=1S/6C12H20O4/c6*13-10(14)12(11(15)16)8-6-4-2-1-3-5-7-9-12/h6*1-9H2,(H,13,14)(H,15,16). The maximum absolute atomic E-state index is 11.2. The molecule has 12 N–H and O–H groups in total. The SMILES string of the molecule is O=C(O)C1(C(=O)O)CCCCCCCCC1.O=C(O)C1(C(=O)O)CCCCCCCCC1.O=C(O)C1(C(=O)O)CCCCCCCCC1.O=C(O)C1(C(=O)O)CCCCCCCCC1.O=C(O)C1(C(=O)O)CCCCCCCCC1.O=C(O)C1(C(=O)O)CCCCCCCCC1. The van der Waals surface area contributed by atoms with Crippen molar-refractivity contribution in [2.45, 2.75) is 347 Å². The van der Waals surface area contributed by atoms with Crippen LogP contribution in [0, 0.1) is 32.5 Å². The van der Waals surface area contributed by atoms with Gasteiger partial charge in [0.1, 0.15) is 0 Å². The molecule has 0 aromatic heterocycles. The molecular formula is C72H120O24. The second-order valence-corrected chi connectivity index (χ2v) is 28.0. The Morgan fingerprint density at radius 1 is 0.115 bits per heavy atom. The van der Waals surface area contributed by atoms with Gasteiger partial charge in [-0.1, -0.05) is 270 Å². The Kier molecular flexibility index (Phi) is 43.4. The summed E-state index contributed by atoms with van der Waals surface area (Å²) in [5.41, 5.74) is -9.18. The van der Waals surface area contributed by atoms with Gasteiger partial charge in [0.15, 0.2) is 32.5 Å². The number of hydrogen-bond acceptors (Lipinski definition) is 12. The molecule has 6 rings (SSSR count). The van der Waals surface area contributed by atoms with Crippen LogP contribution in [0.3, 0.4) is 0 Å². The van der Waals surface area contributed by atoms with Crippen LogP contribution in [-0.2, 0) is 57.5 Å². The van der Waals surface area contributed by atoms with Gasteiger partial charge in [-0.05, 0) is 77.0 Å². The molecule has 0 atom stereocenters. The van der Waals surface area contributed by atoms with Gasteiger partial charge in [-0.2, -0.15) is 0 Å². The Labute approximate surface area is 567 Å². The Morgan fingerprint density at radius 3 is 0.219 bits per heavy atom. The molecule has 0 saturated heterocycles. The van der Waals surface area contributed by atoms with Crippen molar-refractivity contribution in [1.82, 2.24) is 0 Å². The van der Waals surface area contributed by atoms with Crippen molar-refractivity contribution in [3.8, 4) is 0 Å². The van der Waals surface area contributed by atoms with Gasteiger partial charge in [-0.3, -0.25) is 57.5 Å². The van der Waals surface area contributed by atoms with Crippen molar-refractivity contribution >= 4 is 71.6 Å². The molecule has 0 bridgehead atoms. The summed E-state index contributed by atoms with van der Waals surface area (Å²) in [5.74, 6) is -14.0. The van der Waals surface area contributed by atoms with Crippen LogP contribution in [0.5, 0.6) is 0 Å². The largest absolute Gasteiger partial charge is 0.480 e. The molecule has 96 heavy (non-hydrogen) atoms. The average molecular weight is 1370 g/mol. The Morgan fingerprint density at radius 2 is 0.167 bits per heavy atom. The first-order valence-electron chi connectivity index (χ1n) is 36.4. The number of aliphatic carboxylic acids is 12. The zero-order chi connectivity index (χ0) is 72.1. The van der Waals surface area contributed by atoms with Gasteiger partial charge in [-0.15, -0.1) is 0 Å². The predicted molar refractivity (Wildman–Crippen MR) is 356 cm³/mol. The maximum Gasteiger partial charge on any atom is 0.321 e. The summed E-state index contributed by atoms with van der Waals surface area (Å²) in [6, 6.07) is 0. The summed E-state index contributed by atoms with van der Waals surface area (Å²) in [6.45, 7) is 0. The number of carboxylic acids is 12. The molecule has 0 aromatic rings. The highest BCUT2D eigenvalue weighted by Gasteiger charge is 2.50. The van der Waals surface area contributed by atoms with E-state index in [1.54, 1.807) is 0 Å². The van der Waals surface area contributed by atoms with Gasteiger partial charge in [0, 0.05) is 0 Å². The van der Waals surface area contributed by atoms with Crippen LogP contribution < -0.4 is 0 Å². The van der Waals surface area contributed by atoms with E-state index in [9.17, 15) is 57.5 Å². The highest BCUT2D eigenvalue weighted by Crippen LogP contribution is 2.40. The van der Waals surface area contributed by atoms with E-state index >= 15 is 0 Å². The van der Waals surface area contributed by atoms with Crippen molar-refractivity contribution in [2.75, 3.05) is 0 Å². The van der Waals surface area contributed by atoms with Gasteiger partial charge in [0.2, 0.25) is 0 Å². The normalized spacial score (nSPS) is 22.2. The summed E-state index contributed by atoms with van der Waals surface area (Å²) in [7, 11) is 0. The quantitative estimate of drug-likeness (QED) is 0.0807.